The monoisotopic (exact) mass is 156 g/mol. The van der Waals surface area contributed by atoms with Crippen molar-refractivity contribution in [3.8, 4) is 0 Å². The van der Waals surface area contributed by atoms with Gasteiger partial charge in [-0.3, -0.25) is 0 Å². The lowest BCUT2D eigenvalue weighted by Crippen LogP contribution is -1.91. The molecule has 0 rings (SSSR count). The number of aliphatic carboxylic acids is 1. The molecule has 0 aliphatic carbocycles. The van der Waals surface area contributed by atoms with E-state index in [1.54, 1.807) is 6.08 Å². The Morgan fingerprint density at radius 1 is 1.64 bits per heavy atom. The molecular formula is C9H16O2. The molecule has 0 heterocycles. The van der Waals surface area contributed by atoms with E-state index in [1.807, 2.05) is 0 Å². The van der Waals surface area contributed by atoms with Crippen molar-refractivity contribution in [1.29, 1.82) is 0 Å². The normalized spacial score (nSPS) is 13.6. The molecule has 11 heavy (non-hydrogen) atoms. The molecule has 0 spiro atoms. The lowest BCUT2D eigenvalue weighted by molar-refractivity contribution is -0.131. The van der Waals surface area contributed by atoms with Crippen LogP contribution in [0.4, 0.5) is 0 Å². The zero-order valence-electron chi connectivity index (χ0n) is 7.21. The molecule has 0 aliphatic heterocycles. The Labute approximate surface area is 67.9 Å². The summed E-state index contributed by atoms with van der Waals surface area (Å²) in [6.45, 7) is 4.32. The highest BCUT2D eigenvalue weighted by molar-refractivity contribution is 5.79. The van der Waals surface area contributed by atoms with Crippen LogP contribution in [0.25, 0.3) is 0 Å². The molecule has 0 bridgehead atoms. The molecule has 2 nitrogen and oxygen atoms in total. The summed E-state index contributed by atoms with van der Waals surface area (Å²) in [5, 5.41) is 8.25. The first kappa shape index (κ1) is 10.2. The summed E-state index contributed by atoms with van der Waals surface area (Å²) in [5.41, 5.74) is 0. The number of allylic oxidation sites excluding steroid dienone is 1. The summed E-state index contributed by atoms with van der Waals surface area (Å²) in [4.78, 5) is 10.0. The van der Waals surface area contributed by atoms with Gasteiger partial charge in [-0.05, 0) is 18.8 Å². The molecule has 0 aromatic rings. The molecule has 0 radical (unpaired) electrons. The van der Waals surface area contributed by atoms with Gasteiger partial charge in [-0.2, -0.15) is 0 Å². The zero-order valence-corrected chi connectivity index (χ0v) is 7.21. The quantitative estimate of drug-likeness (QED) is 0.621. The Hall–Kier alpha value is -0.790. The van der Waals surface area contributed by atoms with E-state index in [2.05, 4.69) is 13.8 Å². The third-order valence-corrected chi connectivity index (χ3v) is 1.78. The summed E-state index contributed by atoms with van der Waals surface area (Å²) < 4.78 is 0. The molecule has 0 aliphatic rings. The summed E-state index contributed by atoms with van der Waals surface area (Å²) >= 11 is 0. The van der Waals surface area contributed by atoms with Gasteiger partial charge in [0.25, 0.3) is 0 Å². The maximum atomic E-state index is 10.0. The molecule has 0 saturated carbocycles. The maximum absolute atomic E-state index is 10.0. The minimum absolute atomic E-state index is 0.702. The van der Waals surface area contributed by atoms with Gasteiger partial charge in [-0.15, -0.1) is 0 Å². The summed E-state index contributed by atoms with van der Waals surface area (Å²) in [5.74, 6) is -0.150. The lowest BCUT2D eigenvalue weighted by atomic mass is 10.0. The van der Waals surface area contributed by atoms with Crippen molar-refractivity contribution in [2.45, 2.75) is 33.1 Å². The van der Waals surface area contributed by atoms with Crippen molar-refractivity contribution >= 4 is 5.97 Å². The van der Waals surface area contributed by atoms with Crippen LogP contribution in [-0.2, 0) is 4.79 Å². The van der Waals surface area contributed by atoms with E-state index >= 15 is 0 Å². The van der Waals surface area contributed by atoms with E-state index in [4.69, 9.17) is 5.11 Å². The van der Waals surface area contributed by atoms with Crippen molar-refractivity contribution in [3.63, 3.8) is 0 Å². The summed E-state index contributed by atoms with van der Waals surface area (Å²) in [7, 11) is 0. The highest BCUT2D eigenvalue weighted by Crippen LogP contribution is 2.09. The Kier molecular flexibility index (Phi) is 5.53. The molecule has 0 saturated heterocycles. The van der Waals surface area contributed by atoms with Crippen LogP contribution >= 0.6 is 0 Å². The number of hydrogen-bond donors (Lipinski definition) is 1. The molecule has 0 fully saturated rings. The van der Waals surface area contributed by atoms with Gasteiger partial charge in [-0.1, -0.05) is 26.3 Å². The first-order chi connectivity index (χ1) is 5.16. The SMILES string of the molecule is CCC(C)CC/C=C/C(=O)O. The van der Waals surface area contributed by atoms with Gasteiger partial charge in [-0.25, -0.2) is 4.79 Å². The van der Waals surface area contributed by atoms with Crippen molar-refractivity contribution in [2.24, 2.45) is 5.92 Å². The predicted octanol–water partition coefficient (Wildman–Crippen LogP) is 2.45. The largest absolute Gasteiger partial charge is 0.478 e. The molecule has 1 N–H and O–H groups in total. The van der Waals surface area contributed by atoms with E-state index in [9.17, 15) is 4.79 Å². The van der Waals surface area contributed by atoms with Gasteiger partial charge in [0.2, 0.25) is 0 Å². The second kappa shape index (κ2) is 5.96. The highest BCUT2D eigenvalue weighted by atomic mass is 16.4. The van der Waals surface area contributed by atoms with Crippen molar-refractivity contribution in [3.05, 3.63) is 12.2 Å². The molecule has 0 amide bonds. The lowest BCUT2D eigenvalue weighted by Gasteiger charge is -2.03. The second-order valence-corrected chi connectivity index (χ2v) is 2.83. The number of carboxylic acid groups (broad SMARTS) is 1. The van der Waals surface area contributed by atoms with Crippen LogP contribution in [0.5, 0.6) is 0 Å². The van der Waals surface area contributed by atoms with Crippen LogP contribution in [0.3, 0.4) is 0 Å². The first-order valence-corrected chi connectivity index (χ1v) is 4.06. The van der Waals surface area contributed by atoms with Crippen molar-refractivity contribution < 1.29 is 9.90 Å². The van der Waals surface area contributed by atoms with Gasteiger partial charge in [0.05, 0.1) is 0 Å². The fraction of sp³-hybridized carbons (Fsp3) is 0.667. The number of carbonyl (C=O) groups is 1. The second-order valence-electron chi connectivity index (χ2n) is 2.83. The molecule has 0 aromatic heterocycles. The Morgan fingerprint density at radius 2 is 2.27 bits per heavy atom. The summed E-state index contributed by atoms with van der Waals surface area (Å²) in [6, 6.07) is 0. The van der Waals surface area contributed by atoms with E-state index in [0.29, 0.717) is 5.92 Å². The zero-order chi connectivity index (χ0) is 8.69. The first-order valence-electron chi connectivity index (χ1n) is 4.06. The van der Waals surface area contributed by atoms with Gasteiger partial charge in [0, 0.05) is 6.08 Å². The summed E-state index contributed by atoms with van der Waals surface area (Å²) in [6.07, 6.45) is 6.05. The van der Waals surface area contributed by atoms with Crippen LogP contribution in [-0.4, -0.2) is 11.1 Å². The van der Waals surface area contributed by atoms with Crippen LogP contribution in [0, 0.1) is 5.92 Å². The van der Waals surface area contributed by atoms with E-state index in [0.717, 1.165) is 12.8 Å². The Morgan fingerprint density at radius 3 is 2.73 bits per heavy atom. The highest BCUT2D eigenvalue weighted by Gasteiger charge is 1.95. The topological polar surface area (TPSA) is 37.3 Å². The predicted molar refractivity (Wildman–Crippen MR) is 45.5 cm³/mol. The molecule has 1 unspecified atom stereocenters. The Bertz CT molecular complexity index is 138. The number of carboxylic acids is 1. The van der Waals surface area contributed by atoms with Gasteiger partial charge in [0.1, 0.15) is 0 Å². The Balaban J connectivity index is 3.33. The van der Waals surface area contributed by atoms with Crippen LogP contribution in [0.1, 0.15) is 33.1 Å². The van der Waals surface area contributed by atoms with E-state index < -0.39 is 5.97 Å². The standard InChI is InChI=1S/C9H16O2/c1-3-8(2)6-4-5-7-9(10)11/h5,7-8H,3-4,6H2,1-2H3,(H,10,11)/b7-5+. The number of rotatable bonds is 5. The fourth-order valence-electron chi connectivity index (χ4n) is 0.769. The smallest absolute Gasteiger partial charge is 0.327 e. The minimum Gasteiger partial charge on any atom is -0.478 e. The fourth-order valence-corrected chi connectivity index (χ4v) is 0.769. The minimum atomic E-state index is -0.853. The number of hydrogen-bond acceptors (Lipinski definition) is 1. The third-order valence-electron chi connectivity index (χ3n) is 1.78. The van der Waals surface area contributed by atoms with E-state index in [1.165, 1.54) is 12.5 Å². The van der Waals surface area contributed by atoms with Gasteiger partial charge in [0.15, 0.2) is 0 Å². The van der Waals surface area contributed by atoms with Crippen molar-refractivity contribution in [1.82, 2.24) is 0 Å². The van der Waals surface area contributed by atoms with Gasteiger partial charge < -0.3 is 5.11 Å². The molecule has 64 valence electrons. The van der Waals surface area contributed by atoms with E-state index in [-0.39, 0.29) is 0 Å². The maximum Gasteiger partial charge on any atom is 0.327 e. The van der Waals surface area contributed by atoms with Crippen LogP contribution in [0.2, 0.25) is 0 Å². The molecule has 0 aromatic carbocycles. The van der Waals surface area contributed by atoms with Crippen LogP contribution < -0.4 is 0 Å². The molecular weight excluding hydrogens is 140 g/mol. The van der Waals surface area contributed by atoms with Crippen LogP contribution in [0.15, 0.2) is 12.2 Å². The molecule has 2 heteroatoms. The average molecular weight is 156 g/mol. The average Bonchev–Trinajstić information content (AvgIpc) is 1.97. The van der Waals surface area contributed by atoms with Gasteiger partial charge >= 0.3 is 5.97 Å². The molecule has 1 atom stereocenters. The van der Waals surface area contributed by atoms with Crippen molar-refractivity contribution in [2.75, 3.05) is 0 Å². The third kappa shape index (κ3) is 7.10.